The molecule has 0 saturated heterocycles. The maximum absolute atomic E-state index is 16.3. The standard InChI is InChI=1S/C40H47FO/c1-3-28-42-30-33-17-23-36(24-18-33)37-25-27-40(39(41)29-37,38-11-6-5-7-12-38)26-9-8-10-32-15-21-35(22-16-32)34-19-13-31(4-2)14-20-34/h4-7,11-12,15-18,21-25,27,29,31,34,39H,2-3,8-10,13-14,19-20,26,28,30H2,1H3. The molecule has 3 aromatic carbocycles. The average molecular weight is 563 g/mol. The van der Waals surface area contributed by atoms with Crippen LogP contribution in [-0.4, -0.2) is 12.8 Å². The summed E-state index contributed by atoms with van der Waals surface area (Å²) in [6, 6.07) is 27.9. The van der Waals surface area contributed by atoms with Gasteiger partial charge < -0.3 is 4.74 Å². The van der Waals surface area contributed by atoms with Crippen molar-refractivity contribution in [1.29, 1.82) is 0 Å². The largest absolute Gasteiger partial charge is 0.377 e. The van der Waals surface area contributed by atoms with Crippen molar-refractivity contribution < 1.29 is 9.13 Å². The van der Waals surface area contributed by atoms with E-state index in [9.17, 15) is 0 Å². The highest BCUT2D eigenvalue weighted by atomic mass is 19.1. The first-order chi connectivity index (χ1) is 20.6. The summed E-state index contributed by atoms with van der Waals surface area (Å²) in [6.45, 7) is 7.48. The van der Waals surface area contributed by atoms with Crippen LogP contribution in [0.25, 0.3) is 5.57 Å². The van der Waals surface area contributed by atoms with E-state index in [4.69, 9.17) is 4.74 Å². The molecular formula is C40H47FO. The molecule has 3 aromatic rings. The molecule has 0 aliphatic heterocycles. The zero-order chi connectivity index (χ0) is 29.2. The second-order valence-electron chi connectivity index (χ2n) is 12.3. The molecular weight excluding hydrogens is 515 g/mol. The lowest BCUT2D eigenvalue weighted by atomic mass is 9.69. The Labute approximate surface area is 253 Å². The normalized spacial score (nSPS) is 23.9. The summed E-state index contributed by atoms with van der Waals surface area (Å²) in [4.78, 5) is 0. The highest BCUT2D eigenvalue weighted by Gasteiger charge is 2.39. The Balaban J connectivity index is 1.20. The second-order valence-corrected chi connectivity index (χ2v) is 12.3. The van der Waals surface area contributed by atoms with Crippen molar-refractivity contribution >= 4 is 5.57 Å². The number of hydrogen-bond donors (Lipinski definition) is 0. The molecule has 2 atom stereocenters. The second kappa shape index (κ2) is 14.8. The highest BCUT2D eigenvalue weighted by molar-refractivity contribution is 5.77. The maximum atomic E-state index is 16.3. The lowest BCUT2D eigenvalue weighted by Crippen LogP contribution is -2.35. The predicted octanol–water partition coefficient (Wildman–Crippen LogP) is 10.7. The molecule has 0 heterocycles. The van der Waals surface area contributed by atoms with E-state index in [1.807, 2.05) is 24.3 Å². The van der Waals surface area contributed by atoms with Gasteiger partial charge in [-0.05, 0) is 103 Å². The number of ether oxygens (including phenoxy) is 1. The minimum atomic E-state index is -1.08. The van der Waals surface area contributed by atoms with Gasteiger partial charge in [0.1, 0.15) is 6.17 Å². The van der Waals surface area contributed by atoms with E-state index in [1.54, 1.807) is 0 Å². The van der Waals surface area contributed by atoms with Crippen molar-refractivity contribution in [3.8, 4) is 0 Å². The van der Waals surface area contributed by atoms with Gasteiger partial charge in [0.25, 0.3) is 0 Å². The highest BCUT2D eigenvalue weighted by Crippen LogP contribution is 2.42. The van der Waals surface area contributed by atoms with Crippen molar-refractivity contribution in [1.82, 2.24) is 0 Å². The van der Waals surface area contributed by atoms with Gasteiger partial charge >= 0.3 is 0 Å². The monoisotopic (exact) mass is 562 g/mol. The van der Waals surface area contributed by atoms with Crippen molar-refractivity contribution in [2.24, 2.45) is 5.92 Å². The molecule has 2 unspecified atom stereocenters. The first-order valence-electron chi connectivity index (χ1n) is 16.1. The van der Waals surface area contributed by atoms with E-state index in [-0.39, 0.29) is 0 Å². The van der Waals surface area contributed by atoms with Crippen LogP contribution in [0.1, 0.15) is 92.0 Å². The first-order valence-corrected chi connectivity index (χ1v) is 16.1. The Morgan fingerprint density at radius 1 is 0.881 bits per heavy atom. The van der Waals surface area contributed by atoms with E-state index in [0.717, 1.165) is 61.0 Å². The molecule has 1 fully saturated rings. The summed E-state index contributed by atoms with van der Waals surface area (Å²) in [7, 11) is 0. The smallest absolute Gasteiger partial charge is 0.132 e. The number of rotatable bonds is 13. The lowest BCUT2D eigenvalue weighted by molar-refractivity contribution is 0.121. The van der Waals surface area contributed by atoms with E-state index < -0.39 is 11.6 Å². The summed E-state index contributed by atoms with van der Waals surface area (Å²) < 4.78 is 21.9. The molecule has 2 heteroatoms. The minimum Gasteiger partial charge on any atom is -0.377 e. The van der Waals surface area contributed by atoms with Gasteiger partial charge in [-0.1, -0.05) is 110 Å². The molecule has 42 heavy (non-hydrogen) atoms. The Kier molecular flexibility index (Phi) is 10.6. The third-order valence-corrected chi connectivity index (χ3v) is 9.46. The Bertz CT molecular complexity index is 1310. The van der Waals surface area contributed by atoms with E-state index in [2.05, 4.69) is 92.4 Å². The van der Waals surface area contributed by atoms with Crippen molar-refractivity contribution in [2.45, 2.75) is 88.8 Å². The molecule has 5 rings (SSSR count). The van der Waals surface area contributed by atoms with E-state index >= 15 is 4.39 Å². The number of halogens is 1. The topological polar surface area (TPSA) is 9.23 Å². The summed E-state index contributed by atoms with van der Waals surface area (Å²) in [5, 5.41) is 0. The van der Waals surface area contributed by atoms with Crippen LogP contribution in [0.15, 0.2) is 110 Å². The minimum absolute atomic E-state index is 0.618. The zero-order valence-electron chi connectivity index (χ0n) is 25.3. The van der Waals surface area contributed by atoms with E-state index in [0.29, 0.717) is 18.4 Å². The lowest BCUT2D eigenvalue weighted by Gasteiger charge is -2.36. The number of aryl methyl sites for hydroxylation is 1. The molecule has 0 radical (unpaired) electrons. The van der Waals surface area contributed by atoms with Gasteiger partial charge in [0.2, 0.25) is 0 Å². The molecule has 0 bridgehead atoms. The Morgan fingerprint density at radius 3 is 2.26 bits per heavy atom. The van der Waals surface area contributed by atoms with Gasteiger partial charge in [-0.3, -0.25) is 0 Å². The third kappa shape index (κ3) is 7.39. The van der Waals surface area contributed by atoms with Crippen LogP contribution in [0.5, 0.6) is 0 Å². The number of benzene rings is 3. The van der Waals surface area contributed by atoms with Crippen molar-refractivity contribution in [2.75, 3.05) is 6.61 Å². The fraction of sp³-hybridized carbons (Fsp3) is 0.400. The van der Waals surface area contributed by atoms with Gasteiger partial charge in [0.05, 0.1) is 6.61 Å². The summed E-state index contributed by atoms with van der Waals surface area (Å²) in [6.07, 6.45) is 17.1. The number of alkyl halides is 1. The summed E-state index contributed by atoms with van der Waals surface area (Å²) in [5.74, 6) is 1.39. The molecule has 1 saturated carbocycles. The van der Waals surface area contributed by atoms with Crippen molar-refractivity contribution in [3.63, 3.8) is 0 Å². The molecule has 2 aliphatic rings. The van der Waals surface area contributed by atoms with E-state index in [1.165, 1.54) is 36.8 Å². The van der Waals surface area contributed by atoms with Crippen molar-refractivity contribution in [3.05, 3.63) is 138 Å². The summed E-state index contributed by atoms with van der Waals surface area (Å²) >= 11 is 0. The van der Waals surface area contributed by atoms with Crippen LogP contribution in [0, 0.1) is 5.92 Å². The van der Waals surface area contributed by atoms with Gasteiger partial charge in [0.15, 0.2) is 0 Å². The predicted molar refractivity (Wildman–Crippen MR) is 175 cm³/mol. The SMILES string of the molecule is C=CC1CCC(c2ccc(CCCCC3(c4ccccc4)C=CC(c4ccc(COCCC)cc4)=CC3F)cc2)CC1. The molecule has 0 spiro atoms. The van der Waals surface area contributed by atoms with Crippen LogP contribution < -0.4 is 0 Å². The van der Waals surface area contributed by atoms with Crippen LogP contribution in [0.2, 0.25) is 0 Å². The van der Waals surface area contributed by atoms with Gasteiger partial charge in [0, 0.05) is 12.0 Å². The van der Waals surface area contributed by atoms with Crippen LogP contribution in [0.4, 0.5) is 4.39 Å². The molecule has 0 N–H and O–H groups in total. The maximum Gasteiger partial charge on any atom is 0.132 e. The van der Waals surface area contributed by atoms with Crippen LogP contribution in [0.3, 0.4) is 0 Å². The zero-order valence-corrected chi connectivity index (χ0v) is 25.3. The average Bonchev–Trinajstić information content (AvgIpc) is 3.05. The fourth-order valence-electron chi connectivity index (χ4n) is 6.77. The number of unbranched alkanes of at least 4 members (excludes halogenated alkanes) is 1. The molecule has 1 nitrogen and oxygen atoms in total. The first kappa shape index (κ1) is 30.2. The third-order valence-electron chi connectivity index (χ3n) is 9.46. The molecule has 220 valence electrons. The van der Waals surface area contributed by atoms with Gasteiger partial charge in [-0.25, -0.2) is 4.39 Å². The van der Waals surface area contributed by atoms with Gasteiger partial charge in [-0.15, -0.1) is 6.58 Å². The van der Waals surface area contributed by atoms with Crippen LogP contribution in [-0.2, 0) is 23.2 Å². The molecule has 0 amide bonds. The number of hydrogen-bond acceptors (Lipinski definition) is 1. The Hall–Kier alpha value is -3.23. The quantitative estimate of drug-likeness (QED) is 0.149. The van der Waals surface area contributed by atoms with Crippen LogP contribution >= 0.6 is 0 Å². The fourth-order valence-corrected chi connectivity index (χ4v) is 6.77. The molecule has 0 aromatic heterocycles. The number of allylic oxidation sites excluding steroid dienone is 5. The summed E-state index contributed by atoms with van der Waals surface area (Å²) in [5.41, 5.74) is 6.44. The van der Waals surface area contributed by atoms with Gasteiger partial charge in [-0.2, -0.15) is 0 Å². The Morgan fingerprint density at radius 2 is 1.60 bits per heavy atom. The molecule has 2 aliphatic carbocycles.